The lowest BCUT2D eigenvalue weighted by Gasteiger charge is -2.22. The Balaban J connectivity index is 2.01. The van der Waals surface area contributed by atoms with Crippen LogP contribution >= 0.6 is 0 Å². The number of hydrogen-bond donors (Lipinski definition) is 2. The fourth-order valence-electron chi connectivity index (χ4n) is 2.88. The van der Waals surface area contributed by atoms with Crippen LogP contribution < -0.4 is 11.1 Å². The minimum absolute atomic E-state index is 0.183. The van der Waals surface area contributed by atoms with Gasteiger partial charge < -0.3 is 11.1 Å². The molecule has 3 rings (SSSR count). The molecule has 2 amide bonds. The number of hydrogen-bond acceptors (Lipinski definition) is 2. The lowest BCUT2D eigenvalue weighted by molar-refractivity contribution is -0.120. The number of halogens is 1. The van der Waals surface area contributed by atoms with E-state index in [0.717, 1.165) is 5.56 Å². The number of fused-ring (bicyclic) bond motifs is 1. The molecule has 2 aromatic carbocycles. The molecular formula is C17H15FN2O2. The van der Waals surface area contributed by atoms with E-state index < -0.39 is 11.3 Å². The van der Waals surface area contributed by atoms with Gasteiger partial charge in [-0.1, -0.05) is 12.1 Å². The molecule has 1 atom stereocenters. The van der Waals surface area contributed by atoms with Gasteiger partial charge in [-0.25, -0.2) is 4.39 Å². The van der Waals surface area contributed by atoms with Gasteiger partial charge in [0, 0.05) is 11.3 Å². The molecule has 22 heavy (non-hydrogen) atoms. The van der Waals surface area contributed by atoms with Crippen molar-refractivity contribution in [3.8, 4) is 0 Å². The van der Waals surface area contributed by atoms with Crippen molar-refractivity contribution in [2.45, 2.75) is 18.8 Å². The van der Waals surface area contributed by atoms with E-state index in [9.17, 15) is 14.0 Å². The lowest BCUT2D eigenvalue weighted by Crippen LogP contribution is -2.33. The quantitative estimate of drug-likeness (QED) is 0.913. The molecule has 1 aliphatic rings. The monoisotopic (exact) mass is 298 g/mol. The minimum Gasteiger partial charge on any atom is -0.366 e. The molecule has 0 bridgehead atoms. The first-order valence-corrected chi connectivity index (χ1v) is 6.90. The second kappa shape index (κ2) is 4.94. The Morgan fingerprint density at radius 1 is 1.27 bits per heavy atom. The summed E-state index contributed by atoms with van der Waals surface area (Å²) in [6.45, 7) is 1.77. The van der Waals surface area contributed by atoms with Crippen molar-refractivity contribution in [1.82, 2.24) is 0 Å². The molecule has 3 N–H and O–H groups in total. The molecule has 0 aliphatic carbocycles. The van der Waals surface area contributed by atoms with Gasteiger partial charge >= 0.3 is 0 Å². The first kappa shape index (κ1) is 14.3. The number of benzene rings is 2. The van der Waals surface area contributed by atoms with Gasteiger partial charge in [-0.2, -0.15) is 0 Å². The van der Waals surface area contributed by atoms with Crippen molar-refractivity contribution in [1.29, 1.82) is 0 Å². The molecule has 4 nitrogen and oxygen atoms in total. The zero-order valence-electron chi connectivity index (χ0n) is 12.0. The molecule has 0 saturated heterocycles. The highest BCUT2D eigenvalue weighted by Gasteiger charge is 2.42. The van der Waals surface area contributed by atoms with Crippen LogP contribution in [-0.2, 0) is 16.6 Å². The van der Waals surface area contributed by atoms with Crippen LogP contribution in [0.3, 0.4) is 0 Å². The maximum atomic E-state index is 13.5. The van der Waals surface area contributed by atoms with Crippen molar-refractivity contribution >= 4 is 17.5 Å². The van der Waals surface area contributed by atoms with Gasteiger partial charge in [-0.05, 0) is 54.8 Å². The van der Waals surface area contributed by atoms with E-state index in [0.29, 0.717) is 23.2 Å². The van der Waals surface area contributed by atoms with E-state index in [1.54, 1.807) is 31.2 Å². The van der Waals surface area contributed by atoms with Gasteiger partial charge in [-0.15, -0.1) is 0 Å². The molecule has 0 radical (unpaired) electrons. The number of rotatable bonds is 3. The number of amides is 2. The van der Waals surface area contributed by atoms with Crippen LogP contribution in [0.4, 0.5) is 10.1 Å². The van der Waals surface area contributed by atoms with Gasteiger partial charge in [0.05, 0.1) is 5.41 Å². The van der Waals surface area contributed by atoms with Gasteiger partial charge in [0.2, 0.25) is 11.8 Å². The number of carbonyl (C=O) groups excluding carboxylic acids is 2. The summed E-state index contributed by atoms with van der Waals surface area (Å²) in [6.07, 6.45) is 0.358. The minimum atomic E-state index is -0.881. The molecule has 1 unspecified atom stereocenters. The summed E-state index contributed by atoms with van der Waals surface area (Å²) in [4.78, 5) is 23.6. The summed E-state index contributed by atoms with van der Waals surface area (Å²) in [7, 11) is 0. The molecule has 0 spiro atoms. The van der Waals surface area contributed by atoms with Crippen LogP contribution in [0, 0.1) is 5.82 Å². The number of nitrogens with two attached hydrogens (primary N) is 1. The van der Waals surface area contributed by atoms with Crippen molar-refractivity contribution in [2.24, 2.45) is 5.73 Å². The Kier molecular flexibility index (Phi) is 3.20. The summed E-state index contributed by atoms with van der Waals surface area (Å²) < 4.78 is 13.5. The maximum absolute atomic E-state index is 13.5. The molecule has 1 heterocycles. The van der Waals surface area contributed by atoms with Gasteiger partial charge in [0.1, 0.15) is 5.82 Å². The van der Waals surface area contributed by atoms with Crippen LogP contribution in [-0.4, -0.2) is 11.8 Å². The summed E-state index contributed by atoms with van der Waals surface area (Å²) in [5.41, 5.74) is 6.84. The lowest BCUT2D eigenvalue weighted by atomic mass is 9.78. The summed E-state index contributed by atoms with van der Waals surface area (Å²) >= 11 is 0. The van der Waals surface area contributed by atoms with Crippen LogP contribution in [0.2, 0.25) is 0 Å². The number of anilines is 1. The van der Waals surface area contributed by atoms with E-state index in [-0.39, 0.29) is 11.7 Å². The third-order valence-corrected chi connectivity index (χ3v) is 4.09. The predicted molar refractivity (Wildman–Crippen MR) is 81.0 cm³/mol. The first-order chi connectivity index (χ1) is 10.4. The average molecular weight is 298 g/mol. The van der Waals surface area contributed by atoms with Crippen molar-refractivity contribution < 1.29 is 14.0 Å². The van der Waals surface area contributed by atoms with Crippen LogP contribution in [0.1, 0.15) is 28.4 Å². The molecular weight excluding hydrogens is 283 g/mol. The number of carbonyl (C=O) groups is 2. The largest absolute Gasteiger partial charge is 0.366 e. The molecule has 1 aliphatic heterocycles. The van der Waals surface area contributed by atoms with Crippen LogP contribution in [0.5, 0.6) is 0 Å². The first-order valence-electron chi connectivity index (χ1n) is 6.90. The molecule has 0 fully saturated rings. The molecule has 5 heteroatoms. The smallest absolute Gasteiger partial charge is 0.248 e. The van der Waals surface area contributed by atoms with Crippen molar-refractivity contribution in [2.75, 3.05) is 5.32 Å². The summed E-state index contributed by atoms with van der Waals surface area (Å²) in [5, 5.41) is 2.78. The standard InChI is InChI=1S/C17H15FN2O2/c1-17(9-10-3-2-4-11(7-10)15(19)21)13-8-12(18)5-6-14(13)20-16(17)22/h2-8H,9H2,1H3,(H2,19,21)(H,20,22). The predicted octanol–water partition coefficient (Wildman–Crippen LogP) is 2.38. The Morgan fingerprint density at radius 2 is 2.05 bits per heavy atom. The molecule has 0 saturated carbocycles. The fraction of sp³-hybridized carbons (Fsp3) is 0.176. The summed E-state index contributed by atoms with van der Waals surface area (Å²) in [6, 6.07) is 11.1. The van der Waals surface area contributed by atoms with E-state index in [1.165, 1.54) is 12.1 Å². The van der Waals surface area contributed by atoms with Gasteiger partial charge in [0.25, 0.3) is 0 Å². The van der Waals surface area contributed by atoms with E-state index >= 15 is 0 Å². The Hall–Kier alpha value is -2.69. The molecule has 112 valence electrons. The zero-order valence-corrected chi connectivity index (χ0v) is 12.0. The third-order valence-electron chi connectivity index (χ3n) is 4.09. The van der Waals surface area contributed by atoms with E-state index in [1.807, 2.05) is 6.07 Å². The SMILES string of the molecule is CC1(Cc2cccc(C(N)=O)c2)C(=O)Nc2ccc(F)cc21. The van der Waals surface area contributed by atoms with E-state index in [2.05, 4.69) is 5.32 Å². The second-order valence-electron chi connectivity index (χ2n) is 5.72. The van der Waals surface area contributed by atoms with Crippen LogP contribution in [0.25, 0.3) is 0 Å². The van der Waals surface area contributed by atoms with Gasteiger partial charge in [0.15, 0.2) is 0 Å². The molecule has 0 aromatic heterocycles. The third kappa shape index (κ3) is 2.24. The number of primary amides is 1. The maximum Gasteiger partial charge on any atom is 0.248 e. The topological polar surface area (TPSA) is 72.2 Å². The van der Waals surface area contributed by atoms with Gasteiger partial charge in [-0.3, -0.25) is 9.59 Å². The average Bonchev–Trinajstić information content (AvgIpc) is 2.71. The van der Waals surface area contributed by atoms with Crippen molar-refractivity contribution in [3.05, 3.63) is 65.0 Å². The second-order valence-corrected chi connectivity index (χ2v) is 5.72. The normalized spacial score (nSPS) is 19.6. The Bertz CT molecular complexity index is 788. The highest BCUT2D eigenvalue weighted by atomic mass is 19.1. The van der Waals surface area contributed by atoms with E-state index in [4.69, 9.17) is 5.73 Å². The fourth-order valence-corrected chi connectivity index (χ4v) is 2.88. The van der Waals surface area contributed by atoms with Crippen LogP contribution in [0.15, 0.2) is 42.5 Å². The zero-order chi connectivity index (χ0) is 15.9. The Labute approximate surface area is 127 Å². The molecule has 2 aromatic rings. The highest BCUT2D eigenvalue weighted by Crippen LogP contribution is 2.40. The van der Waals surface area contributed by atoms with Crippen molar-refractivity contribution in [3.63, 3.8) is 0 Å². The summed E-state index contributed by atoms with van der Waals surface area (Å²) in [5.74, 6) is -1.08. The highest BCUT2D eigenvalue weighted by molar-refractivity contribution is 6.06. The Morgan fingerprint density at radius 3 is 2.77 bits per heavy atom. The number of nitrogens with one attached hydrogen (secondary N) is 1.